The van der Waals surface area contributed by atoms with E-state index in [1.54, 1.807) is 24.3 Å². The second kappa shape index (κ2) is 9.53. The summed E-state index contributed by atoms with van der Waals surface area (Å²) in [6.07, 6.45) is 0.0328. The number of methoxy groups -OCH3 is 2. The molecule has 2 aromatic rings. The number of esters is 2. The SMILES string of the molecule is COC(=O)c1cc(C(=O)OC)cc(S(=O)(=O)NCc2ccc(OC(C)C)cc2)c1. The van der Waals surface area contributed by atoms with Gasteiger partial charge in [0.15, 0.2) is 0 Å². The van der Waals surface area contributed by atoms with E-state index in [1.807, 2.05) is 13.8 Å². The van der Waals surface area contributed by atoms with Crippen molar-refractivity contribution in [2.24, 2.45) is 0 Å². The lowest BCUT2D eigenvalue weighted by molar-refractivity contribution is 0.0598. The molecule has 0 aliphatic carbocycles. The fourth-order valence-electron chi connectivity index (χ4n) is 2.45. The first-order valence-corrected chi connectivity index (χ1v) is 10.2. The van der Waals surface area contributed by atoms with Crippen LogP contribution in [0, 0.1) is 0 Å². The molecule has 0 radical (unpaired) electrons. The average Bonchev–Trinajstić information content (AvgIpc) is 2.71. The third-order valence-electron chi connectivity index (χ3n) is 3.82. The molecule has 0 saturated heterocycles. The molecular formula is C20H23NO7S. The van der Waals surface area contributed by atoms with E-state index >= 15 is 0 Å². The predicted octanol–water partition coefficient (Wildman–Crippen LogP) is 2.53. The lowest BCUT2D eigenvalue weighted by Gasteiger charge is -2.12. The summed E-state index contributed by atoms with van der Waals surface area (Å²) >= 11 is 0. The second-order valence-corrected chi connectivity index (χ2v) is 8.13. The summed E-state index contributed by atoms with van der Waals surface area (Å²) in [5.41, 5.74) is 0.555. The maximum Gasteiger partial charge on any atom is 0.337 e. The van der Waals surface area contributed by atoms with Gasteiger partial charge in [-0.2, -0.15) is 0 Å². The highest BCUT2D eigenvalue weighted by Gasteiger charge is 2.21. The van der Waals surface area contributed by atoms with Gasteiger partial charge >= 0.3 is 11.9 Å². The highest BCUT2D eigenvalue weighted by Crippen LogP contribution is 2.18. The number of hydrogen-bond acceptors (Lipinski definition) is 7. The van der Waals surface area contributed by atoms with Gasteiger partial charge in [-0.1, -0.05) is 12.1 Å². The molecule has 8 nitrogen and oxygen atoms in total. The summed E-state index contributed by atoms with van der Waals surface area (Å²) in [6, 6.07) is 10.5. The average molecular weight is 421 g/mol. The van der Waals surface area contributed by atoms with E-state index in [-0.39, 0.29) is 28.7 Å². The number of carbonyl (C=O) groups is 2. The first-order chi connectivity index (χ1) is 13.7. The fourth-order valence-corrected chi connectivity index (χ4v) is 3.53. The Labute approximate surface area is 169 Å². The van der Waals surface area contributed by atoms with Crippen molar-refractivity contribution in [3.63, 3.8) is 0 Å². The van der Waals surface area contributed by atoms with Crippen molar-refractivity contribution < 1.29 is 32.2 Å². The minimum Gasteiger partial charge on any atom is -0.491 e. The van der Waals surface area contributed by atoms with Gasteiger partial charge < -0.3 is 14.2 Å². The molecule has 0 saturated carbocycles. The van der Waals surface area contributed by atoms with Gasteiger partial charge in [-0.15, -0.1) is 0 Å². The van der Waals surface area contributed by atoms with Gasteiger partial charge in [0.25, 0.3) is 0 Å². The zero-order chi connectivity index (χ0) is 21.6. The second-order valence-electron chi connectivity index (χ2n) is 6.36. The van der Waals surface area contributed by atoms with Crippen molar-refractivity contribution in [1.82, 2.24) is 4.72 Å². The largest absolute Gasteiger partial charge is 0.491 e. The molecule has 0 aliphatic rings. The van der Waals surface area contributed by atoms with Crippen molar-refractivity contribution in [3.05, 3.63) is 59.2 Å². The highest BCUT2D eigenvalue weighted by molar-refractivity contribution is 7.89. The van der Waals surface area contributed by atoms with Crippen LogP contribution in [-0.4, -0.2) is 40.7 Å². The normalized spacial score (nSPS) is 11.2. The molecular weight excluding hydrogens is 398 g/mol. The summed E-state index contributed by atoms with van der Waals surface area (Å²) in [5, 5.41) is 0. The van der Waals surface area contributed by atoms with Gasteiger partial charge in [0.05, 0.1) is 36.3 Å². The molecule has 0 atom stereocenters. The van der Waals surface area contributed by atoms with Gasteiger partial charge in [0.1, 0.15) is 5.75 Å². The Morgan fingerprint density at radius 1 is 0.931 bits per heavy atom. The molecule has 156 valence electrons. The Bertz CT molecular complexity index is 948. The van der Waals surface area contributed by atoms with Crippen LogP contribution in [0.1, 0.15) is 40.1 Å². The first-order valence-electron chi connectivity index (χ1n) is 8.73. The Balaban J connectivity index is 2.25. The van der Waals surface area contributed by atoms with Gasteiger partial charge in [-0.3, -0.25) is 0 Å². The molecule has 2 rings (SSSR count). The van der Waals surface area contributed by atoms with E-state index in [9.17, 15) is 18.0 Å². The van der Waals surface area contributed by atoms with Crippen molar-refractivity contribution in [3.8, 4) is 5.75 Å². The van der Waals surface area contributed by atoms with Crippen LogP contribution in [0.25, 0.3) is 0 Å². The maximum absolute atomic E-state index is 12.7. The molecule has 0 aliphatic heterocycles. The van der Waals surface area contributed by atoms with Crippen molar-refractivity contribution in [2.45, 2.75) is 31.4 Å². The van der Waals surface area contributed by atoms with Gasteiger partial charge in [0.2, 0.25) is 10.0 Å². The van der Waals surface area contributed by atoms with Crippen LogP contribution in [0.2, 0.25) is 0 Å². The number of sulfonamides is 1. The Hall–Kier alpha value is -2.91. The lowest BCUT2D eigenvalue weighted by atomic mass is 10.1. The quantitative estimate of drug-likeness (QED) is 0.653. The molecule has 0 fully saturated rings. The first kappa shape index (κ1) is 22.4. The van der Waals surface area contributed by atoms with E-state index in [0.717, 1.165) is 26.4 Å². The molecule has 9 heteroatoms. The molecule has 0 bridgehead atoms. The monoisotopic (exact) mass is 421 g/mol. The smallest absolute Gasteiger partial charge is 0.337 e. The predicted molar refractivity (Wildman–Crippen MR) is 105 cm³/mol. The summed E-state index contributed by atoms with van der Waals surface area (Å²) in [7, 11) is -1.69. The minimum absolute atomic E-state index is 0.0142. The number of benzene rings is 2. The van der Waals surface area contributed by atoms with Crippen LogP contribution in [0.4, 0.5) is 0 Å². The molecule has 0 aromatic heterocycles. The molecule has 0 heterocycles. The number of nitrogens with one attached hydrogen (secondary N) is 1. The van der Waals surface area contributed by atoms with E-state index < -0.39 is 22.0 Å². The minimum atomic E-state index is -4.01. The Morgan fingerprint density at radius 3 is 1.90 bits per heavy atom. The summed E-state index contributed by atoms with van der Waals surface area (Å²) < 4.78 is 42.6. The summed E-state index contributed by atoms with van der Waals surface area (Å²) in [4.78, 5) is 23.4. The van der Waals surface area contributed by atoms with Crippen molar-refractivity contribution in [2.75, 3.05) is 14.2 Å². The van der Waals surface area contributed by atoms with Crippen LogP contribution >= 0.6 is 0 Å². The third-order valence-corrected chi connectivity index (χ3v) is 5.20. The number of hydrogen-bond donors (Lipinski definition) is 1. The van der Waals surface area contributed by atoms with Crippen LogP contribution in [0.3, 0.4) is 0 Å². The van der Waals surface area contributed by atoms with Crippen LogP contribution in [0.15, 0.2) is 47.4 Å². The van der Waals surface area contributed by atoms with E-state index in [4.69, 9.17) is 4.74 Å². The van der Waals surface area contributed by atoms with Gasteiger partial charge in [-0.25, -0.2) is 22.7 Å². The molecule has 0 spiro atoms. The van der Waals surface area contributed by atoms with Crippen molar-refractivity contribution >= 4 is 22.0 Å². The Morgan fingerprint density at radius 2 is 1.45 bits per heavy atom. The van der Waals surface area contributed by atoms with Crippen LogP contribution in [0.5, 0.6) is 5.75 Å². The standard InChI is InChI=1S/C20H23NO7S/c1-13(2)28-17-7-5-14(6-8-17)12-21-29(24,25)18-10-15(19(22)26-3)9-16(11-18)20(23)27-4/h5-11,13,21H,12H2,1-4H3. The van der Waals surface area contributed by atoms with E-state index in [2.05, 4.69) is 14.2 Å². The topological polar surface area (TPSA) is 108 Å². The zero-order valence-electron chi connectivity index (χ0n) is 16.6. The maximum atomic E-state index is 12.7. The Kier molecular flexibility index (Phi) is 7.35. The van der Waals surface area contributed by atoms with E-state index in [0.29, 0.717) is 11.3 Å². The summed E-state index contributed by atoms with van der Waals surface area (Å²) in [6.45, 7) is 3.83. The van der Waals surface area contributed by atoms with Crippen LogP contribution in [-0.2, 0) is 26.0 Å². The van der Waals surface area contributed by atoms with Crippen LogP contribution < -0.4 is 9.46 Å². The molecule has 0 unspecified atom stereocenters. The molecule has 1 N–H and O–H groups in total. The summed E-state index contributed by atoms with van der Waals surface area (Å²) in [5.74, 6) is -0.860. The van der Waals surface area contributed by atoms with Gasteiger partial charge in [-0.05, 0) is 49.7 Å². The lowest BCUT2D eigenvalue weighted by Crippen LogP contribution is -2.24. The number of ether oxygens (including phenoxy) is 3. The molecule has 29 heavy (non-hydrogen) atoms. The number of rotatable bonds is 8. The van der Waals surface area contributed by atoms with E-state index in [1.165, 1.54) is 6.07 Å². The highest BCUT2D eigenvalue weighted by atomic mass is 32.2. The zero-order valence-corrected chi connectivity index (χ0v) is 17.4. The molecule has 0 amide bonds. The van der Waals surface area contributed by atoms with Gasteiger partial charge in [0, 0.05) is 6.54 Å². The fraction of sp³-hybridized carbons (Fsp3) is 0.300. The molecule has 2 aromatic carbocycles. The third kappa shape index (κ3) is 6.03. The van der Waals surface area contributed by atoms with Crippen molar-refractivity contribution in [1.29, 1.82) is 0 Å². The number of carbonyl (C=O) groups excluding carboxylic acids is 2.